The third-order valence-corrected chi connectivity index (χ3v) is 3.55. The fraction of sp³-hybridized carbons (Fsp3) is 0.600. The first-order valence-electron chi connectivity index (χ1n) is 6.98. The zero-order valence-electron chi connectivity index (χ0n) is 12.3. The van der Waals surface area contributed by atoms with Crippen LogP contribution in [0, 0.1) is 5.92 Å². The maximum atomic E-state index is 13.2. The summed E-state index contributed by atoms with van der Waals surface area (Å²) in [4.78, 5) is 1.79. The molecule has 0 amide bonds. The topological polar surface area (TPSA) is 29.3 Å². The van der Waals surface area contributed by atoms with Crippen molar-refractivity contribution in [1.82, 2.24) is 0 Å². The molecule has 0 aliphatic heterocycles. The molecule has 0 radical (unpaired) electrons. The molecule has 5 heteroatoms. The molecular weight excluding hydrogens is 265 g/mol. The van der Waals surface area contributed by atoms with Gasteiger partial charge >= 0.3 is 6.18 Å². The highest BCUT2D eigenvalue weighted by Gasteiger charge is 2.35. The smallest absolute Gasteiger partial charge is 0.371 e. The van der Waals surface area contributed by atoms with Crippen LogP contribution in [-0.2, 0) is 12.7 Å². The lowest BCUT2D eigenvalue weighted by atomic mass is 10.0. The first-order chi connectivity index (χ1) is 9.33. The molecule has 0 fully saturated rings. The lowest BCUT2D eigenvalue weighted by Crippen LogP contribution is -2.30. The van der Waals surface area contributed by atoms with E-state index in [0.717, 1.165) is 12.5 Å². The largest absolute Gasteiger partial charge is 0.418 e. The van der Waals surface area contributed by atoms with Crippen molar-refractivity contribution in [1.29, 1.82) is 0 Å². The maximum Gasteiger partial charge on any atom is 0.418 e. The summed E-state index contributed by atoms with van der Waals surface area (Å²) in [6.45, 7) is 7.25. The fourth-order valence-electron chi connectivity index (χ4n) is 2.12. The molecule has 0 aliphatic carbocycles. The van der Waals surface area contributed by atoms with Crippen molar-refractivity contribution in [3.05, 3.63) is 29.3 Å². The Kier molecular flexibility index (Phi) is 5.87. The van der Waals surface area contributed by atoms with Crippen LogP contribution in [0.15, 0.2) is 18.2 Å². The summed E-state index contributed by atoms with van der Waals surface area (Å²) in [7, 11) is 0. The monoisotopic (exact) mass is 288 g/mol. The lowest BCUT2D eigenvalue weighted by molar-refractivity contribution is -0.137. The Balaban J connectivity index is 3.20. The third-order valence-electron chi connectivity index (χ3n) is 3.55. The predicted octanol–water partition coefficient (Wildman–Crippen LogP) is 4.04. The van der Waals surface area contributed by atoms with Gasteiger partial charge in [-0.05, 0) is 30.5 Å². The minimum absolute atomic E-state index is 0.112. The number of nitrogens with zero attached hydrogens (tertiary/aromatic N) is 1. The van der Waals surface area contributed by atoms with E-state index in [9.17, 15) is 13.2 Å². The number of hydrogen-bond donors (Lipinski definition) is 1. The maximum absolute atomic E-state index is 13.2. The molecule has 0 bridgehead atoms. The molecule has 0 spiro atoms. The van der Waals surface area contributed by atoms with Gasteiger partial charge in [0.05, 0.1) is 5.56 Å². The molecule has 1 unspecified atom stereocenters. The number of anilines is 1. The lowest BCUT2D eigenvalue weighted by Gasteiger charge is -2.29. The SMILES string of the molecule is CCC(C)CN(CC)c1ccc(CN)cc1C(F)(F)F. The van der Waals surface area contributed by atoms with Crippen molar-refractivity contribution >= 4 is 5.69 Å². The van der Waals surface area contributed by atoms with Crippen LogP contribution in [0.25, 0.3) is 0 Å². The molecule has 0 saturated carbocycles. The van der Waals surface area contributed by atoms with E-state index in [2.05, 4.69) is 0 Å². The normalized spacial score (nSPS) is 13.3. The van der Waals surface area contributed by atoms with Gasteiger partial charge < -0.3 is 10.6 Å². The Labute approximate surface area is 118 Å². The molecular formula is C15H23F3N2. The Morgan fingerprint density at radius 1 is 1.25 bits per heavy atom. The summed E-state index contributed by atoms with van der Waals surface area (Å²) in [6.07, 6.45) is -3.41. The van der Waals surface area contributed by atoms with Gasteiger partial charge in [0.1, 0.15) is 0 Å². The summed E-state index contributed by atoms with van der Waals surface area (Å²) in [5.41, 5.74) is 5.60. The molecule has 114 valence electrons. The Morgan fingerprint density at radius 3 is 2.35 bits per heavy atom. The molecule has 1 aromatic carbocycles. The van der Waals surface area contributed by atoms with Crippen LogP contribution >= 0.6 is 0 Å². The second-order valence-electron chi connectivity index (χ2n) is 5.11. The highest BCUT2D eigenvalue weighted by atomic mass is 19.4. The third kappa shape index (κ3) is 4.13. The zero-order chi connectivity index (χ0) is 15.3. The van der Waals surface area contributed by atoms with Crippen LogP contribution in [0.3, 0.4) is 0 Å². The van der Waals surface area contributed by atoms with Gasteiger partial charge in [0.15, 0.2) is 0 Å². The van der Waals surface area contributed by atoms with E-state index in [1.54, 1.807) is 11.0 Å². The van der Waals surface area contributed by atoms with E-state index in [4.69, 9.17) is 5.73 Å². The minimum atomic E-state index is -4.36. The molecule has 2 N–H and O–H groups in total. The first kappa shape index (κ1) is 16.8. The molecule has 1 rings (SSSR count). The van der Waals surface area contributed by atoms with Gasteiger partial charge in [-0.15, -0.1) is 0 Å². The summed E-state index contributed by atoms with van der Waals surface area (Å²) < 4.78 is 39.6. The van der Waals surface area contributed by atoms with Crippen molar-refractivity contribution < 1.29 is 13.2 Å². The van der Waals surface area contributed by atoms with Gasteiger partial charge in [-0.3, -0.25) is 0 Å². The van der Waals surface area contributed by atoms with E-state index in [0.29, 0.717) is 24.6 Å². The molecule has 2 nitrogen and oxygen atoms in total. The number of nitrogens with two attached hydrogens (primary N) is 1. The minimum Gasteiger partial charge on any atom is -0.371 e. The van der Waals surface area contributed by atoms with Crippen LogP contribution in [0.1, 0.15) is 38.3 Å². The Hall–Kier alpha value is -1.23. The number of alkyl halides is 3. The van der Waals surface area contributed by atoms with Crippen LogP contribution in [0.5, 0.6) is 0 Å². The van der Waals surface area contributed by atoms with Crippen molar-refractivity contribution in [3.8, 4) is 0 Å². The molecule has 0 aliphatic rings. The first-order valence-corrected chi connectivity index (χ1v) is 6.98. The number of benzene rings is 1. The zero-order valence-corrected chi connectivity index (χ0v) is 12.3. The van der Waals surface area contributed by atoms with Crippen LogP contribution in [0.4, 0.5) is 18.9 Å². The van der Waals surface area contributed by atoms with E-state index >= 15 is 0 Å². The molecule has 1 aromatic rings. The van der Waals surface area contributed by atoms with Gasteiger partial charge in [-0.1, -0.05) is 26.3 Å². The quantitative estimate of drug-likeness (QED) is 0.856. The van der Waals surface area contributed by atoms with Crippen molar-refractivity contribution in [2.45, 2.75) is 39.9 Å². The van der Waals surface area contributed by atoms with Gasteiger partial charge in [0.2, 0.25) is 0 Å². The second-order valence-corrected chi connectivity index (χ2v) is 5.11. The molecule has 1 atom stereocenters. The van der Waals surface area contributed by atoms with E-state index in [1.165, 1.54) is 6.07 Å². The van der Waals surface area contributed by atoms with Gasteiger partial charge in [0, 0.05) is 25.3 Å². The van der Waals surface area contributed by atoms with Crippen LogP contribution in [-0.4, -0.2) is 13.1 Å². The Morgan fingerprint density at radius 2 is 1.90 bits per heavy atom. The fourth-order valence-corrected chi connectivity index (χ4v) is 2.12. The summed E-state index contributed by atoms with van der Waals surface area (Å²) in [5.74, 6) is 0.352. The highest BCUT2D eigenvalue weighted by molar-refractivity contribution is 5.56. The number of halogens is 3. The van der Waals surface area contributed by atoms with Gasteiger partial charge in [-0.2, -0.15) is 13.2 Å². The summed E-state index contributed by atoms with van der Waals surface area (Å²) in [6, 6.07) is 4.37. The van der Waals surface area contributed by atoms with Crippen molar-refractivity contribution in [2.75, 3.05) is 18.0 Å². The van der Waals surface area contributed by atoms with E-state index < -0.39 is 11.7 Å². The van der Waals surface area contributed by atoms with Crippen molar-refractivity contribution in [2.24, 2.45) is 11.7 Å². The summed E-state index contributed by atoms with van der Waals surface area (Å²) >= 11 is 0. The Bertz CT molecular complexity index is 430. The summed E-state index contributed by atoms with van der Waals surface area (Å²) in [5, 5.41) is 0. The van der Waals surface area contributed by atoms with E-state index in [-0.39, 0.29) is 12.2 Å². The average molecular weight is 288 g/mol. The number of hydrogen-bond acceptors (Lipinski definition) is 2. The number of rotatable bonds is 6. The van der Waals surface area contributed by atoms with Crippen LogP contribution in [0.2, 0.25) is 0 Å². The molecule has 0 saturated heterocycles. The molecule has 20 heavy (non-hydrogen) atoms. The van der Waals surface area contributed by atoms with Gasteiger partial charge in [0.25, 0.3) is 0 Å². The van der Waals surface area contributed by atoms with Crippen LogP contribution < -0.4 is 10.6 Å². The standard InChI is InChI=1S/C15H23F3N2/c1-4-11(3)10-20(5-2)14-7-6-12(9-19)8-13(14)15(16,17)18/h6-8,11H,4-5,9-10,19H2,1-3H3. The molecule has 0 heterocycles. The average Bonchev–Trinajstić information content (AvgIpc) is 2.42. The van der Waals surface area contributed by atoms with Gasteiger partial charge in [-0.25, -0.2) is 0 Å². The van der Waals surface area contributed by atoms with Crippen molar-refractivity contribution in [3.63, 3.8) is 0 Å². The van der Waals surface area contributed by atoms with E-state index in [1.807, 2.05) is 20.8 Å². The predicted molar refractivity (Wildman–Crippen MR) is 76.7 cm³/mol. The second kappa shape index (κ2) is 6.97. The molecule has 0 aromatic heterocycles. The highest BCUT2D eigenvalue weighted by Crippen LogP contribution is 2.37.